The fourth-order valence-electron chi connectivity index (χ4n) is 3.25. The van der Waals surface area contributed by atoms with E-state index in [9.17, 15) is 4.79 Å². The maximum atomic E-state index is 13.3. The highest BCUT2D eigenvalue weighted by molar-refractivity contribution is 9.11. The number of nitrogens with zero attached hydrogens (tertiary/aromatic N) is 2. The first kappa shape index (κ1) is 21.1. The third-order valence-corrected chi connectivity index (χ3v) is 6.15. The van der Waals surface area contributed by atoms with E-state index in [1.807, 2.05) is 61.1 Å². The fourth-order valence-corrected chi connectivity index (χ4v) is 4.53. The van der Waals surface area contributed by atoms with Crippen molar-refractivity contribution in [1.29, 1.82) is 0 Å². The van der Waals surface area contributed by atoms with Crippen LogP contribution in [-0.2, 0) is 6.42 Å². The van der Waals surface area contributed by atoms with Gasteiger partial charge in [0.15, 0.2) is 0 Å². The van der Waals surface area contributed by atoms with Crippen LogP contribution in [0.4, 0.5) is 0 Å². The van der Waals surface area contributed by atoms with Crippen molar-refractivity contribution in [3.63, 3.8) is 0 Å². The van der Waals surface area contributed by atoms with Gasteiger partial charge in [0.25, 0.3) is 0 Å². The Labute approximate surface area is 182 Å². The lowest BCUT2D eigenvalue weighted by Gasteiger charge is -2.12. The van der Waals surface area contributed by atoms with Gasteiger partial charge in [-0.05, 0) is 94.7 Å². The van der Waals surface area contributed by atoms with Crippen LogP contribution < -0.4 is 4.74 Å². The summed E-state index contributed by atoms with van der Waals surface area (Å²) >= 11 is 7.23. The number of ether oxygens (including phenoxy) is 1. The quantitative estimate of drug-likeness (QED) is 0.294. The van der Waals surface area contributed by atoms with E-state index in [-0.39, 0.29) is 5.78 Å². The molecule has 2 heterocycles. The summed E-state index contributed by atoms with van der Waals surface area (Å²) < 4.78 is 9.59. The maximum Gasteiger partial charge on any atom is 0.210 e. The molecule has 3 aromatic rings. The molecule has 0 aliphatic carbocycles. The lowest BCUT2D eigenvalue weighted by atomic mass is 10.0. The number of hydrogen-bond donors (Lipinski definition) is 0. The largest absolute Gasteiger partial charge is 0.492 e. The Hall–Kier alpha value is -1.63. The molecule has 148 valence electrons. The number of pyridine rings is 1. The van der Waals surface area contributed by atoms with Crippen LogP contribution in [0.25, 0.3) is 5.52 Å². The molecule has 0 N–H and O–H groups in total. The number of ketones is 1. The van der Waals surface area contributed by atoms with Crippen LogP contribution >= 0.6 is 31.9 Å². The van der Waals surface area contributed by atoms with Crippen molar-refractivity contribution in [2.75, 3.05) is 27.2 Å². The third kappa shape index (κ3) is 4.34. The zero-order valence-corrected chi connectivity index (χ0v) is 19.5. The summed E-state index contributed by atoms with van der Waals surface area (Å²) in [5.74, 6) is 0.760. The number of halogens is 2. The van der Waals surface area contributed by atoms with Crippen LogP contribution in [0.5, 0.6) is 5.75 Å². The van der Waals surface area contributed by atoms with E-state index in [1.54, 1.807) is 0 Å². The van der Waals surface area contributed by atoms with Gasteiger partial charge in [-0.25, -0.2) is 0 Å². The molecule has 1 aromatic carbocycles. The van der Waals surface area contributed by atoms with Gasteiger partial charge in [0.2, 0.25) is 5.78 Å². The second-order valence-electron chi connectivity index (χ2n) is 6.93. The van der Waals surface area contributed by atoms with E-state index in [0.717, 1.165) is 45.2 Å². The molecule has 6 heteroatoms. The lowest BCUT2D eigenvalue weighted by Crippen LogP contribution is -2.15. The van der Waals surface area contributed by atoms with Crippen LogP contribution in [0.2, 0.25) is 0 Å². The second kappa shape index (κ2) is 9.25. The first-order valence-electron chi connectivity index (χ1n) is 9.33. The Bertz CT molecular complexity index is 996. The monoisotopic (exact) mass is 506 g/mol. The molecule has 0 saturated carbocycles. The highest BCUT2D eigenvalue weighted by atomic mass is 79.9. The SMILES string of the molecule is CCc1c(Br)c2ccccn2c1C(=O)c1ccc(OCCCN(C)C)c(Br)c1. The lowest BCUT2D eigenvalue weighted by molar-refractivity contribution is 0.103. The minimum Gasteiger partial charge on any atom is -0.492 e. The van der Waals surface area contributed by atoms with Gasteiger partial charge in [-0.1, -0.05) is 13.0 Å². The van der Waals surface area contributed by atoms with Crippen LogP contribution in [0, 0.1) is 0 Å². The molecule has 0 unspecified atom stereocenters. The number of carbonyl (C=O) groups is 1. The summed E-state index contributed by atoms with van der Waals surface area (Å²) in [7, 11) is 4.09. The van der Waals surface area contributed by atoms with Crippen molar-refractivity contribution >= 4 is 43.2 Å². The molecule has 0 saturated heterocycles. The van der Waals surface area contributed by atoms with Gasteiger partial charge in [0, 0.05) is 22.8 Å². The summed E-state index contributed by atoms with van der Waals surface area (Å²) in [6.45, 7) is 3.68. The average Bonchev–Trinajstić information content (AvgIpc) is 2.97. The Morgan fingerprint density at radius 3 is 2.64 bits per heavy atom. The number of fused-ring (bicyclic) bond motifs is 1. The van der Waals surface area contributed by atoms with E-state index in [2.05, 4.69) is 43.7 Å². The first-order valence-corrected chi connectivity index (χ1v) is 10.9. The zero-order chi connectivity index (χ0) is 20.3. The van der Waals surface area contributed by atoms with Crippen molar-refractivity contribution in [1.82, 2.24) is 9.30 Å². The molecule has 0 aliphatic heterocycles. The Morgan fingerprint density at radius 2 is 1.96 bits per heavy atom. The molecule has 0 spiro atoms. The molecule has 0 amide bonds. The van der Waals surface area contributed by atoms with Gasteiger partial charge in [-0.3, -0.25) is 4.79 Å². The molecule has 0 radical (unpaired) electrons. The van der Waals surface area contributed by atoms with Gasteiger partial charge in [-0.15, -0.1) is 0 Å². The van der Waals surface area contributed by atoms with Gasteiger partial charge in [0.1, 0.15) is 5.75 Å². The highest BCUT2D eigenvalue weighted by Crippen LogP contribution is 2.32. The number of carbonyl (C=O) groups excluding carboxylic acids is 1. The van der Waals surface area contributed by atoms with Crippen molar-refractivity contribution in [2.24, 2.45) is 0 Å². The highest BCUT2D eigenvalue weighted by Gasteiger charge is 2.22. The summed E-state index contributed by atoms with van der Waals surface area (Å²) in [6, 6.07) is 11.5. The summed E-state index contributed by atoms with van der Waals surface area (Å²) in [5.41, 5.74) is 3.37. The van der Waals surface area contributed by atoms with Gasteiger partial charge in [-0.2, -0.15) is 0 Å². The van der Waals surface area contributed by atoms with Crippen LogP contribution in [-0.4, -0.2) is 42.3 Å². The molecule has 4 nitrogen and oxygen atoms in total. The minimum atomic E-state index is 0.00334. The second-order valence-corrected chi connectivity index (χ2v) is 8.58. The van der Waals surface area contributed by atoms with E-state index < -0.39 is 0 Å². The van der Waals surface area contributed by atoms with Crippen LogP contribution in [0.1, 0.15) is 35.0 Å². The Balaban J connectivity index is 1.88. The first-order chi connectivity index (χ1) is 13.4. The molecule has 0 aliphatic rings. The van der Waals surface area contributed by atoms with Gasteiger partial charge >= 0.3 is 0 Å². The number of aromatic nitrogens is 1. The van der Waals surface area contributed by atoms with Crippen molar-refractivity contribution in [2.45, 2.75) is 19.8 Å². The Morgan fingerprint density at radius 1 is 1.18 bits per heavy atom. The van der Waals surface area contributed by atoms with E-state index in [0.29, 0.717) is 17.9 Å². The summed E-state index contributed by atoms with van der Waals surface area (Å²) in [6.07, 6.45) is 3.66. The molecular formula is C22H24Br2N2O2. The van der Waals surface area contributed by atoms with Gasteiger partial charge < -0.3 is 14.0 Å². The maximum absolute atomic E-state index is 13.3. The van der Waals surface area contributed by atoms with E-state index in [4.69, 9.17) is 4.74 Å². The molecule has 0 atom stereocenters. The number of rotatable bonds is 8. The molecule has 2 aromatic heterocycles. The molecule has 0 fully saturated rings. The minimum absolute atomic E-state index is 0.00334. The summed E-state index contributed by atoms with van der Waals surface area (Å²) in [5, 5.41) is 0. The molecule has 0 bridgehead atoms. The number of benzene rings is 1. The van der Waals surface area contributed by atoms with Crippen LogP contribution in [0.15, 0.2) is 51.5 Å². The normalized spacial score (nSPS) is 11.4. The predicted molar refractivity (Wildman–Crippen MR) is 121 cm³/mol. The molecule has 28 heavy (non-hydrogen) atoms. The zero-order valence-electron chi connectivity index (χ0n) is 16.3. The molecular weight excluding hydrogens is 484 g/mol. The van der Waals surface area contributed by atoms with Crippen molar-refractivity contribution in [3.8, 4) is 5.75 Å². The van der Waals surface area contributed by atoms with E-state index in [1.165, 1.54) is 0 Å². The average molecular weight is 508 g/mol. The summed E-state index contributed by atoms with van der Waals surface area (Å²) in [4.78, 5) is 15.5. The third-order valence-electron chi connectivity index (χ3n) is 4.65. The Kier molecular flexibility index (Phi) is 6.96. The number of hydrogen-bond acceptors (Lipinski definition) is 3. The predicted octanol–water partition coefficient (Wildman–Crippen LogP) is 5.59. The van der Waals surface area contributed by atoms with Crippen LogP contribution in [0.3, 0.4) is 0 Å². The van der Waals surface area contributed by atoms with Crippen molar-refractivity contribution < 1.29 is 9.53 Å². The van der Waals surface area contributed by atoms with Crippen molar-refractivity contribution in [3.05, 3.63) is 68.4 Å². The van der Waals surface area contributed by atoms with Gasteiger partial charge in [0.05, 0.1) is 22.3 Å². The van der Waals surface area contributed by atoms with E-state index >= 15 is 0 Å². The molecule has 3 rings (SSSR count). The topological polar surface area (TPSA) is 34.0 Å². The standard InChI is InChI=1S/C22H24Br2N2O2/c1-4-16-20(24)18-8-5-6-12-26(18)21(16)22(27)15-9-10-19(17(23)14-15)28-13-7-11-25(2)3/h5-6,8-10,12,14H,4,7,11,13H2,1-3H3. The smallest absolute Gasteiger partial charge is 0.210 e. The fraction of sp³-hybridized carbons (Fsp3) is 0.318.